The Labute approximate surface area is 89.7 Å². The molecule has 0 spiro atoms. The summed E-state index contributed by atoms with van der Waals surface area (Å²) in [5.74, 6) is 0. The zero-order valence-corrected chi connectivity index (χ0v) is 9.56. The maximum atomic E-state index is 8.37. The van der Waals surface area contributed by atoms with Gasteiger partial charge in [-0.2, -0.15) is 5.26 Å². The molecule has 14 heavy (non-hydrogen) atoms. The van der Waals surface area contributed by atoms with Crippen LogP contribution in [0.2, 0.25) is 0 Å². The van der Waals surface area contributed by atoms with E-state index in [4.69, 9.17) is 10.00 Å². The molecule has 0 rings (SSSR count). The SMILES string of the molecule is COCCCCCN=C(NC#N)SC. The van der Waals surface area contributed by atoms with Crippen LogP contribution in [-0.4, -0.2) is 31.7 Å². The molecule has 0 aliphatic carbocycles. The van der Waals surface area contributed by atoms with Gasteiger partial charge in [-0.3, -0.25) is 10.3 Å². The summed E-state index contributed by atoms with van der Waals surface area (Å²) < 4.78 is 4.93. The first-order valence-corrected chi connectivity index (χ1v) is 5.80. The van der Waals surface area contributed by atoms with Gasteiger partial charge in [0.2, 0.25) is 0 Å². The predicted molar refractivity (Wildman–Crippen MR) is 60.3 cm³/mol. The van der Waals surface area contributed by atoms with E-state index in [0.29, 0.717) is 5.17 Å². The molecule has 0 radical (unpaired) electrons. The topological polar surface area (TPSA) is 57.4 Å². The number of methoxy groups -OCH3 is 1. The molecule has 0 aromatic heterocycles. The zero-order chi connectivity index (χ0) is 10.6. The fraction of sp³-hybridized carbons (Fsp3) is 0.778. The van der Waals surface area contributed by atoms with Gasteiger partial charge in [0, 0.05) is 20.3 Å². The largest absolute Gasteiger partial charge is 0.385 e. The van der Waals surface area contributed by atoms with Crippen LogP contribution in [-0.2, 0) is 4.74 Å². The molecule has 5 heteroatoms. The Morgan fingerprint density at radius 3 is 2.86 bits per heavy atom. The van der Waals surface area contributed by atoms with Gasteiger partial charge in [0.05, 0.1) is 0 Å². The third-order valence-electron chi connectivity index (χ3n) is 1.62. The number of nitrogens with zero attached hydrogens (tertiary/aromatic N) is 2. The fourth-order valence-corrected chi connectivity index (χ4v) is 1.29. The minimum atomic E-state index is 0.694. The van der Waals surface area contributed by atoms with Crippen LogP contribution in [0.1, 0.15) is 19.3 Å². The van der Waals surface area contributed by atoms with Gasteiger partial charge in [-0.1, -0.05) is 11.8 Å². The van der Waals surface area contributed by atoms with E-state index < -0.39 is 0 Å². The van der Waals surface area contributed by atoms with Crippen molar-refractivity contribution in [3.63, 3.8) is 0 Å². The summed E-state index contributed by atoms with van der Waals surface area (Å²) in [6.07, 6.45) is 6.99. The van der Waals surface area contributed by atoms with Gasteiger partial charge in [-0.15, -0.1) is 0 Å². The van der Waals surface area contributed by atoms with Gasteiger partial charge < -0.3 is 4.74 Å². The molecule has 0 fully saturated rings. The van der Waals surface area contributed by atoms with E-state index in [1.54, 1.807) is 7.11 Å². The molecule has 0 saturated carbocycles. The number of hydrogen-bond donors (Lipinski definition) is 1. The highest BCUT2D eigenvalue weighted by Gasteiger charge is 1.93. The number of ether oxygens (including phenoxy) is 1. The Hall–Kier alpha value is -0.730. The van der Waals surface area contributed by atoms with Crippen LogP contribution >= 0.6 is 11.8 Å². The molecule has 0 aliphatic rings. The van der Waals surface area contributed by atoms with Gasteiger partial charge in [-0.05, 0) is 25.5 Å². The maximum Gasteiger partial charge on any atom is 0.183 e. The Morgan fingerprint density at radius 2 is 2.29 bits per heavy atom. The number of rotatable bonds is 6. The quantitative estimate of drug-likeness (QED) is 0.240. The molecule has 80 valence electrons. The van der Waals surface area contributed by atoms with E-state index in [1.807, 2.05) is 12.4 Å². The standard InChI is InChI=1S/C9H17N3OS/c1-13-7-5-3-4-6-11-9(14-2)12-8-10/h3-7H2,1-2H3,(H,11,12). The van der Waals surface area contributed by atoms with E-state index in [1.165, 1.54) is 11.8 Å². The Bertz CT molecular complexity index is 201. The summed E-state index contributed by atoms with van der Waals surface area (Å²) in [5, 5.41) is 11.6. The number of amidine groups is 1. The van der Waals surface area contributed by atoms with Gasteiger partial charge in [0.1, 0.15) is 0 Å². The average Bonchev–Trinajstić information content (AvgIpc) is 2.21. The monoisotopic (exact) mass is 215 g/mol. The summed E-state index contributed by atoms with van der Waals surface area (Å²) >= 11 is 1.45. The van der Waals surface area contributed by atoms with E-state index in [9.17, 15) is 0 Å². The number of nitriles is 1. The van der Waals surface area contributed by atoms with E-state index in [2.05, 4.69) is 10.3 Å². The van der Waals surface area contributed by atoms with Crippen molar-refractivity contribution in [2.24, 2.45) is 4.99 Å². The lowest BCUT2D eigenvalue weighted by Gasteiger charge is -2.00. The van der Waals surface area contributed by atoms with Crippen LogP contribution < -0.4 is 5.32 Å². The van der Waals surface area contributed by atoms with Crippen LogP contribution in [0.4, 0.5) is 0 Å². The summed E-state index contributed by atoms with van der Waals surface area (Å²) in [5.41, 5.74) is 0. The second kappa shape index (κ2) is 10.4. The van der Waals surface area contributed by atoms with Crippen LogP contribution in [0.15, 0.2) is 4.99 Å². The van der Waals surface area contributed by atoms with Crippen molar-refractivity contribution in [1.29, 1.82) is 5.26 Å². The highest BCUT2D eigenvalue weighted by atomic mass is 32.2. The van der Waals surface area contributed by atoms with Crippen LogP contribution in [0.5, 0.6) is 0 Å². The zero-order valence-electron chi connectivity index (χ0n) is 8.75. The van der Waals surface area contributed by atoms with Crippen molar-refractivity contribution in [3.05, 3.63) is 0 Å². The molecule has 0 amide bonds. The first-order chi connectivity index (χ1) is 6.85. The molecule has 0 aliphatic heterocycles. The van der Waals surface area contributed by atoms with Crippen molar-refractivity contribution < 1.29 is 4.74 Å². The van der Waals surface area contributed by atoms with E-state index in [0.717, 1.165) is 32.4 Å². The van der Waals surface area contributed by atoms with Gasteiger partial charge in [-0.25, -0.2) is 0 Å². The number of unbranched alkanes of at least 4 members (excludes halogenated alkanes) is 2. The van der Waals surface area contributed by atoms with Crippen molar-refractivity contribution in [3.8, 4) is 6.19 Å². The summed E-state index contributed by atoms with van der Waals surface area (Å²) in [6, 6.07) is 0. The normalized spacial score (nSPS) is 11.1. The number of hydrogen-bond acceptors (Lipinski definition) is 4. The van der Waals surface area contributed by atoms with Crippen LogP contribution in [0.3, 0.4) is 0 Å². The minimum Gasteiger partial charge on any atom is -0.385 e. The van der Waals surface area contributed by atoms with Crippen molar-refractivity contribution in [2.75, 3.05) is 26.5 Å². The molecule has 0 aromatic carbocycles. The number of aliphatic imine (C=N–C) groups is 1. The highest BCUT2D eigenvalue weighted by Crippen LogP contribution is 1.99. The van der Waals surface area contributed by atoms with Crippen molar-refractivity contribution in [2.45, 2.75) is 19.3 Å². The predicted octanol–water partition coefficient (Wildman–Crippen LogP) is 1.59. The molecule has 0 heterocycles. The lowest BCUT2D eigenvalue weighted by molar-refractivity contribution is 0.192. The van der Waals surface area contributed by atoms with Gasteiger partial charge >= 0.3 is 0 Å². The summed E-state index contributed by atoms with van der Waals surface area (Å²) in [4.78, 5) is 4.23. The van der Waals surface area contributed by atoms with Gasteiger partial charge in [0.15, 0.2) is 11.4 Å². The Morgan fingerprint density at radius 1 is 1.50 bits per heavy atom. The smallest absolute Gasteiger partial charge is 0.183 e. The fourth-order valence-electron chi connectivity index (χ4n) is 0.919. The number of thioether (sulfide) groups is 1. The Kier molecular flexibility index (Phi) is 9.81. The third kappa shape index (κ3) is 7.90. The van der Waals surface area contributed by atoms with Crippen LogP contribution in [0.25, 0.3) is 0 Å². The lowest BCUT2D eigenvalue weighted by atomic mass is 10.2. The highest BCUT2D eigenvalue weighted by molar-refractivity contribution is 8.13. The molecular weight excluding hydrogens is 198 g/mol. The lowest BCUT2D eigenvalue weighted by Crippen LogP contribution is -2.13. The first kappa shape index (κ1) is 13.3. The maximum absolute atomic E-state index is 8.37. The second-order valence-electron chi connectivity index (χ2n) is 2.68. The second-order valence-corrected chi connectivity index (χ2v) is 3.48. The third-order valence-corrected chi connectivity index (χ3v) is 2.24. The summed E-state index contributed by atoms with van der Waals surface area (Å²) in [6.45, 7) is 1.59. The summed E-state index contributed by atoms with van der Waals surface area (Å²) in [7, 11) is 1.71. The van der Waals surface area contributed by atoms with E-state index in [-0.39, 0.29) is 0 Å². The van der Waals surface area contributed by atoms with Crippen molar-refractivity contribution >= 4 is 16.9 Å². The molecule has 0 unspecified atom stereocenters. The molecule has 0 atom stereocenters. The first-order valence-electron chi connectivity index (χ1n) is 4.57. The molecule has 4 nitrogen and oxygen atoms in total. The average molecular weight is 215 g/mol. The minimum absolute atomic E-state index is 0.694. The van der Waals surface area contributed by atoms with Crippen molar-refractivity contribution in [1.82, 2.24) is 5.32 Å². The van der Waals surface area contributed by atoms with Gasteiger partial charge in [0.25, 0.3) is 0 Å². The molecule has 1 N–H and O–H groups in total. The van der Waals surface area contributed by atoms with Crippen LogP contribution in [0, 0.1) is 11.5 Å². The number of nitrogens with one attached hydrogen (secondary N) is 1. The van der Waals surface area contributed by atoms with E-state index >= 15 is 0 Å². The molecule has 0 saturated heterocycles. The molecular formula is C9H17N3OS. The molecule has 0 aromatic rings. The molecule has 0 bridgehead atoms. The Balaban J connectivity index is 3.44.